The smallest absolute Gasteiger partial charge is 0.449 e. The van der Waals surface area contributed by atoms with Crippen LogP contribution in [-0.2, 0) is 6.54 Å². The second kappa shape index (κ2) is 7.91. The van der Waals surface area contributed by atoms with E-state index in [0.717, 1.165) is 43.4 Å². The maximum absolute atomic E-state index is 10.7. The van der Waals surface area contributed by atoms with E-state index in [0.29, 0.717) is 16.0 Å². The Hall–Kier alpha value is -2.41. The van der Waals surface area contributed by atoms with Crippen LogP contribution in [-0.4, -0.2) is 42.3 Å². The summed E-state index contributed by atoms with van der Waals surface area (Å²) in [5.74, 6) is -0.0886. The highest BCUT2D eigenvalue weighted by molar-refractivity contribution is 6.38. The Morgan fingerprint density at radius 3 is 2.46 bits per heavy atom. The van der Waals surface area contributed by atoms with Gasteiger partial charge in [-0.2, -0.15) is 0 Å². The maximum atomic E-state index is 10.7. The first kappa shape index (κ1) is 18.9. The molecule has 1 aliphatic heterocycles. The summed E-state index contributed by atoms with van der Waals surface area (Å²) in [5.41, 5.74) is 2.64. The van der Waals surface area contributed by atoms with Gasteiger partial charge < -0.3 is 19.2 Å². The number of ether oxygens (including phenoxy) is 1. The van der Waals surface area contributed by atoms with Crippen molar-refractivity contribution in [2.24, 2.45) is 0 Å². The molecule has 0 amide bonds. The number of piperazine rings is 1. The molecule has 8 heteroatoms. The molecule has 1 N–H and O–H groups in total. The third-order valence-corrected chi connectivity index (χ3v) is 5.46. The number of fused-ring (bicyclic) bond motifs is 1. The van der Waals surface area contributed by atoms with Crippen LogP contribution in [0.2, 0.25) is 10.0 Å². The molecular weight excluding hydrogens is 403 g/mol. The van der Waals surface area contributed by atoms with Gasteiger partial charge in [0.2, 0.25) is 0 Å². The summed E-state index contributed by atoms with van der Waals surface area (Å²) in [7, 11) is 0. The van der Waals surface area contributed by atoms with Crippen LogP contribution in [0.5, 0.6) is 5.95 Å². The summed E-state index contributed by atoms with van der Waals surface area (Å²) in [5, 5.41) is 10.6. The number of anilines is 1. The molecule has 2 heterocycles. The summed E-state index contributed by atoms with van der Waals surface area (Å²) in [6, 6.07) is 13.1. The average Bonchev–Trinajstić information content (AvgIpc) is 3.07. The second-order valence-electron chi connectivity index (χ2n) is 6.63. The Labute approximate surface area is 171 Å². The van der Waals surface area contributed by atoms with Gasteiger partial charge in [0.25, 0.3) is 5.95 Å². The van der Waals surface area contributed by atoms with Crippen molar-refractivity contribution < 1.29 is 19.1 Å². The first-order chi connectivity index (χ1) is 13.5. The van der Waals surface area contributed by atoms with Crippen molar-refractivity contribution in [2.45, 2.75) is 6.54 Å². The summed E-state index contributed by atoms with van der Waals surface area (Å²) in [4.78, 5) is 15.3. The third kappa shape index (κ3) is 4.04. The highest BCUT2D eigenvalue weighted by Crippen LogP contribution is 2.37. The molecule has 1 fully saturated rings. The largest absolute Gasteiger partial charge is 0.513 e. The second-order valence-corrected chi connectivity index (χ2v) is 7.45. The fourth-order valence-corrected chi connectivity index (χ4v) is 3.87. The van der Waals surface area contributed by atoms with Crippen molar-refractivity contribution >= 4 is 46.0 Å². The fraction of sp³-hybridized carbons (Fsp3) is 0.250. The maximum Gasteiger partial charge on any atom is 0.513 e. The number of nitrogens with zero attached hydrogens (tertiary/aromatic N) is 2. The molecule has 1 aliphatic rings. The lowest BCUT2D eigenvalue weighted by molar-refractivity contribution is 0.134. The van der Waals surface area contributed by atoms with Crippen molar-refractivity contribution in [1.82, 2.24) is 4.90 Å². The lowest BCUT2D eigenvalue weighted by atomic mass is 10.1. The minimum atomic E-state index is -1.42. The molecule has 0 atom stereocenters. The van der Waals surface area contributed by atoms with Crippen LogP contribution in [0.1, 0.15) is 5.56 Å². The highest BCUT2D eigenvalue weighted by Gasteiger charge is 2.21. The zero-order valence-electron chi connectivity index (χ0n) is 14.9. The number of furan rings is 1. The molecular formula is C20H18Cl2N2O4. The highest BCUT2D eigenvalue weighted by atomic mass is 35.5. The molecule has 0 bridgehead atoms. The molecule has 1 aromatic heterocycles. The minimum Gasteiger partial charge on any atom is -0.449 e. The van der Waals surface area contributed by atoms with Crippen molar-refractivity contribution in [1.29, 1.82) is 0 Å². The number of halogens is 2. The summed E-state index contributed by atoms with van der Waals surface area (Å²) < 4.78 is 9.95. The Balaban J connectivity index is 1.45. The zero-order chi connectivity index (χ0) is 19.7. The van der Waals surface area contributed by atoms with E-state index in [1.54, 1.807) is 6.07 Å². The van der Waals surface area contributed by atoms with E-state index < -0.39 is 6.16 Å². The van der Waals surface area contributed by atoms with Gasteiger partial charge in [-0.1, -0.05) is 35.3 Å². The van der Waals surface area contributed by atoms with Gasteiger partial charge in [0.1, 0.15) is 5.58 Å². The Morgan fingerprint density at radius 1 is 1.07 bits per heavy atom. The van der Waals surface area contributed by atoms with Crippen LogP contribution in [0.15, 0.2) is 46.9 Å². The van der Waals surface area contributed by atoms with Gasteiger partial charge in [-0.25, -0.2) is 4.79 Å². The number of benzene rings is 2. The lowest BCUT2D eigenvalue weighted by Crippen LogP contribution is -2.46. The molecule has 28 heavy (non-hydrogen) atoms. The number of carboxylic acid groups (broad SMARTS) is 1. The van der Waals surface area contributed by atoms with Crippen molar-refractivity contribution in [3.63, 3.8) is 0 Å². The van der Waals surface area contributed by atoms with E-state index in [9.17, 15) is 4.79 Å². The van der Waals surface area contributed by atoms with E-state index in [2.05, 4.69) is 26.7 Å². The standard InChI is InChI=1S/C20H18Cl2N2O4/c21-14-3-1-13(2-4-14)12-23-7-9-24(10-8-23)16-5-6-17-15(19(16)22)11-18(27-17)28-20(25)26/h1-6,11H,7-10,12H2,(H,25,26). The van der Waals surface area contributed by atoms with Gasteiger partial charge in [0.05, 0.1) is 10.7 Å². The van der Waals surface area contributed by atoms with Crippen molar-refractivity contribution in [2.75, 3.05) is 31.1 Å². The number of hydrogen-bond acceptors (Lipinski definition) is 5. The van der Waals surface area contributed by atoms with Crippen molar-refractivity contribution in [3.8, 4) is 5.95 Å². The van der Waals surface area contributed by atoms with E-state index >= 15 is 0 Å². The summed E-state index contributed by atoms with van der Waals surface area (Å²) in [6.45, 7) is 4.39. The molecule has 0 spiro atoms. The zero-order valence-corrected chi connectivity index (χ0v) is 16.4. The van der Waals surface area contributed by atoms with Gasteiger partial charge >= 0.3 is 6.16 Å². The SMILES string of the molecule is O=C(O)Oc1cc2c(Cl)c(N3CCN(Cc4ccc(Cl)cc4)CC3)ccc2o1. The molecule has 146 valence electrons. The topological polar surface area (TPSA) is 66.2 Å². The molecule has 0 unspecified atom stereocenters. The molecule has 0 radical (unpaired) electrons. The number of rotatable bonds is 4. The molecule has 1 saturated heterocycles. The quantitative estimate of drug-likeness (QED) is 0.590. The van der Waals surface area contributed by atoms with Crippen LogP contribution >= 0.6 is 23.2 Å². The number of hydrogen-bond donors (Lipinski definition) is 1. The molecule has 3 aromatic rings. The monoisotopic (exact) mass is 420 g/mol. The molecule has 4 rings (SSSR count). The van der Waals surface area contributed by atoms with Crippen LogP contribution in [0, 0.1) is 0 Å². The minimum absolute atomic E-state index is 0.0886. The van der Waals surface area contributed by atoms with Gasteiger partial charge in [-0.05, 0) is 29.8 Å². The van der Waals surface area contributed by atoms with Gasteiger partial charge in [0, 0.05) is 49.2 Å². The summed E-state index contributed by atoms with van der Waals surface area (Å²) >= 11 is 12.5. The Morgan fingerprint density at radius 2 is 1.79 bits per heavy atom. The van der Waals surface area contributed by atoms with Gasteiger partial charge in [-0.3, -0.25) is 4.90 Å². The first-order valence-corrected chi connectivity index (χ1v) is 9.60. The first-order valence-electron chi connectivity index (χ1n) is 8.84. The van der Waals surface area contributed by atoms with Gasteiger partial charge in [0.15, 0.2) is 0 Å². The predicted molar refractivity (Wildman–Crippen MR) is 109 cm³/mol. The van der Waals surface area contributed by atoms with Crippen molar-refractivity contribution in [3.05, 3.63) is 58.1 Å². The molecule has 6 nitrogen and oxygen atoms in total. The summed E-state index contributed by atoms with van der Waals surface area (Å²) in [6.07, 6.45) is -1.42. The van der Waals surface area contributed by atoms with Crippen LogP contribution in [0.4, 0.5) is 10.5 Å². The lowest BCUT2D eigenvalue weighted by Gasteiger charge is -2.36. The van der Waals surface area contributed by atoms with E-state index in [4.69, 9.17) is 32.7 Å². The van der Waals surface area contributed by atoms with E-state index in [-0.39, 0.29) is 5.95 Å². The van der Waals surface area contributed by atoms with Crippen LogP contribution < -0.4 is 9.64 Å². The number of carbonyl (C=O) groups is 1. The molecule has 0 aliphatic carbocycles. The predicted octanol–water partition coefficient (Wildman–Crippen LogP) is 5.12. The average molecular weight is 421 g/mol. The van der Waals surface area contributed by atoms with Crippen LogP contribution in [0.3, 0.4) is 0 Å². The normalized spacial score (nSPS) is 15.1. The third-order valence-electron chi connectivity index (χ3n) is 4.81. The van der Waals surface area contributed by atoms with Crippen LogP contribution in [0.25, 0.3) is 11.0 Å². The van der Waals surface area contributed by atoms with E-state index in [1.807, 2.05) is 18.2 Å². The Kier molecular flexibility index (Phi) is 5.35. The van der Waals surface area contributed by atoms with Gasteiger partial charge in [-0.15, -0.1) is 0 Å². The Bertz CT molecular complexity index is 995. The van der Waals surface area contributed by atoms with E-state index in [1.165, 1.54) is 11.6 Å². The molecule has 2 aromatic carbocycles. The fourth-order valence-electron chi connectivity index (χ4n) is 3.42. The molecule has 0 saturated carbocycles.